The zero-order valence-electron chi connectivity index (χ0n) is 21.4. The van der Waals surface area contributed by atoms with E-state index >= 15 is 0 Å². The van der Waals surface area contributed by atoms with Crippen molar-refractivity contribution >= 4 is 17.8 Å². The molecule has 202 valence electrons. The van der Waals surface area contributed by atoms with Crippen LogP contribution < -0.4 is 0 Å². The Morgan fingerprint density at radius 2 is 1.58 bits per heavy atom. The molecule has 1 spiro atoms. The van der Waals surface area contributed by atoms with Crippen molar-refractivity contribution in [3.63, 3.8) is 0 Å². The lowest BCUT2D eigenvalue weighted by atomic mass is 9.77. The number of hydrogen-bond acceptors (Lipinski definition) is 5. The van der Waals surface area contributed by atoms with E-state index in [1.54, 1.807) is 0 Å². The summed E-state index contributed by atoms with van der Waals surface area (Å²) in [5, 5.41) is 7.12. The Hall–Kier alpha value is -2.56. The number of carbonyl (C=O) groups excluding carboxylic acids is 2. The van der Waals surface area contributed by atoms with Crippen LogP contribution in [0.5, 0.6) is 0 Å². The molecule has 0 bridgehead atoms. The minimum Gasteiger partial charge on any atom is -0.475 e. The third kappa shape index (κ3) is 6.22. The first-order chi connectivity index (χ1) is 16.6. The second-order valence-electron chi connectivity index (χ2n) is 10.9. The van der Waals surface area contributed by atoms with Crippen molar-refractivity contribution < 1.29 is 37.1 Å². The molecule has 0 radical (unpaired) electrons. The van der Waals surface area contributed by atoms with E-state index in [1.807, 2.05) is 22.8 Å². The first-order valence-corrected chi connectivity index (χ1v) is 12.4. The van der Waals surface area contributed by atoms with Crippen LogP contribution in [0, 0.1) is 6.92 Å². The van der Waals surface area contributed by atoms with Gasteiger partial charge in [-0.2, -0.15) is 13.2 Å². The number of carboxylic acids is 1. The molecule has 4 heterocycles. The SMILES string of the molecule is Cc1oc(C(C)(C)C)cc1C(=O)N1CCCC2(CCN2CC(=O)N2CCCC2)C1.O=C(O)C(F)(F)F. The molecule has 4 rings (SSSR count). The third-order valence-electron chi connectivity index (χ3n) is 7.28. The maximum atomic E-state index is 13.3. The van der Waals surface area contributed by atoms with Gasteiger partial charge >= 0.3 is 12.1 Å². The van der Waals surface area contributed by atoms with Gasteiger partial charge in [0, 0.05) is 43.7 Å². The van der Waals surface area contributed by atoms with Gasteiger partial charge in [0.15, 0.2) is 0 Å². The normalized spacial score (nSPS) is 22.8. The van der Waals surface area contributed by atoms with Crippen molar-refractivity contribution in [2.75, 3.05) is 39.3 Å². The van der Waals surface area contributed by atoms with Gasteiger partial charge < -0.3 is 19.3 Å². The number of nitrogens with zero attached hydrogens (tertiary/aromatic N) is 3. The van der Waals surface area contributed by atoms with Gasteiger partial charge in [0.1, 0.15) is 11.5 Å². The molecule has 36 heavy (non-hydrogen) atoms. The Balaban J connectivity index is 0.000000454. The summed E-state index contributed by atoms with van der Waals surface area (Å²) in [5.74, 6) is -0.877. The molecule has 8 nitrogen and oxygen atoms in total. The molecule has 0 aromatic carbocycles. The fraction of sp³-hybridized carbons (Fsp3) is 0.720. The molecule has 3 fully saturated rings. The highest BCUT2D eigenvalue weighted by molar-refractivity contribution is 5.95. The molecule has 3 saturated heterocycles. The van der Waals surface area contributed by atoms with Crippen LogP contribution >= 0.6 is 0 Å². The van der Waals surface area contributed by atoms with E-state index in [2.05, 4.69) is 25.7 Å². The number of likely N-dealkylation sites (tertiary alicyclic amines) is 3. The highest BCUT2D eigenvalue weighted by atomic mass is 19.4. The Bertz CT molecular complexity index is 979. The monoisotopic (exact) mass is 515 g/mol. The number of halogens is 3. The van der Waals surface area contributed by atoms with Crippen molar-refractivity contribution in [2.45, 2.75) is 76.9 Å². The van der Waals surface area contributed by atoms with Crippen molar-refractivity contribution in [2.24, 2.45) is 0 Å². The highest BCUT2D eigenvalue weighted by Gasteiger charge is 2.49. The van der Waals surface area contributed by atoms with Gasteiger partial charge in [0.05, 0.1) is 12.1 Å². The van der Waals surface area contributed by atoms with Gasteiger partial charge in [-0.15, -0.1) is 0 Å². The number of hydrogen-bond donors (Lipinski definition) is 1. The van der Waals surface area contributed by atoms with E-state index < -0.39 is 12.1 Å². The quantitative estimate of drug-likeness (QED) is 0.658. The maximum Gasteiger partial charge on any atom is 0.490 e. The van der Waals surface area contributed by atoms with E-state index in [9.17, 15) is 22.8 Å². The fourth-order valence-corrected chi connectivity index (χ4v) is 5.04. The molecule has 1 atom stereocenters. The molecular formula is C25H36F3N3O5. The lowest BCUT2D eigenvalue weighted by Crippen LogP contribution is -2.68. The standard InChI is InChI=1S/C23H35N3O3.C2HF3O2/c1-17-18(14-19(29-17)22(2,3)4)21(28)25-12-7-8-23(16-25)9-13-26(23)15-20(27)24-10-5-6-11-24;3-2(4,5)1(6)7/h14H,5-13,15-16H2,1-4H3;(H,6,7). The predicted octanol–water partition coefficient (Wildman–Crippen LogP) is 3.82. The van der Waals surface area contributed by atoms with Gasteiger partial charge in [-0.1, -0.05) is 20.8 Å². The number of piperidine rings is 1. The molecule has 0 saturated carbocycles. The van der Waals surface area contributed by atoms with Crippen LogP contribution in [0.1, 0.15) is 74.8 Å². The van der Waals surface area contributed by atoms with Crippen LogP contribution in [-0.2, 0) is 15.0 Å². The van der Waals surface area contributed by atoms with E-state index in [-0.39, 0.29) is 22.8 Å². The number of furan rings is 1. The lowest BCUT2D eigenvalue weighted by molar-refractivity contribution is -0.192. The molecule has 0 aliphatic carbocycles. The van der Waals surface area contributed by atoms with E-state index in [4.69, 9.17) is 14.3 Å². The first-order valence-electron chi connectivity index (χ1n) is 12.4. The Labute approximate surface area is 209 Å². The summed E-state index contributed by atoms with van der Waals surface area (Å²) in [5.41, 5.74) is 0.548. The summed E-state index contributed by atoms with van der Waals surface area (Å²) in [6.07, 6.45) is 0.298. The molecule has 1 aromatic heterocycles. The largest absolute Gasteiger partial charge is 0.490 e. The summed E-state index contributed by atoms with van der Waals surface area (Å²) in [7, 11) is 0. The number of carbonyl (C=O) groups is 3. The van der Waals surface area contributed by atoms with Crippen molar-refractivity contribution in [3.05, 3.63) is 23.2 Å². The topological polar surface area (TPSA) is 94.3 Å². The van der Waals surface area contributed by atoms with Gasteiger partial charge in [0.25, 0.3) is 5.91 Å². The maximum absolute atomic E-state index is 13.3. The molecule has 1 N–H and O–H groups in total. The zero-order valence-corrected chi connectivity index (χ0v) is 21.4. The highest BCUT2D eigenvalue weighted by Crippen LogP contribution is 2.39. The average molecular weight is 516 g/mol. The molecule has 1 unspecified atom stereocenters. The third-order valence-corrected chi connectivity index (χ3v) is 7.28. The molecular weight excluding hydrogens is 479 g/mol. The number of aliphatic carboxylic acids is 1. The van der Waals surface area contributed by atoms with Crippen molar-refractivity contribution in [3.8, 4) is 0 Å². The molecule has 11 heteroatoms. The number of rotatable bonds is 3. The second kappa shape index (κ2) is 10.4. The van der Waals surface area contributed by atoms with Crippen LogP contribution in [0.2, 0.25) is 0 Å². The average Bonchev–Trinajstić information content (AvgIpc) is 3.46. The zero-order chi connectivity index (χ0) is 26.9. The summed E-state index contributed by atoms with van der Waals surface area (Å²) in [6.45, 7) is 12.9. The van der Waals surface area contributed by atoms with Gasteiger partial charge in [-0.25, -0.2) is 4.79 Å². The number of carboxylic acid groups (broad SMARTS) is 1. The van der Waals surface area contributed by atoms with Crippen molar-refractivity contribution in [1.29, 1.82) is 0 Å². The van der Waals surface area contributed by atoms with Crippen LogP contribution in [0.3, 0.4) is 0 Å². The van der Waals surface area contributed by atoms with E-state index in [1.165, 1.54) is 0 Å². The molecule has 2 amide bonds. The van der Waals surface area contributed by atoms with Gasteiger partial charge in [0.2, 0.25) is 5.91 Å². The van der Waals surface area contributed by atoms with Crippen LogP contribution in [-0.4, -0.2) is 88.6 Å². The minimum atomic E-state index is -5.08. The summed E-state index contributed by atoms with van der Waals surface area (Å²) >= 11 is 0. The van der Waals surface area contributed by atoms with Gasteiger partial charge in [-0.05, 0) is 45.1 Å². The van der Waals surface area contributed by atoms with Crippen LogP contribution in [0.25, 0.3) is 0 Å². The molecule has 3 aliphatic heterocycles. The Morgan fingerprint density at radius 1 is 1.00 bits per heavy atom. The number of amides is 2. The summed E-state index contributed by atoms with van der Waals surface area (Å²) < 4.78 is 37.6. The van der Waals surface area contributed by atoms with Crippen LogP contribution in [0.4, 0.5) is 13.2 Å². The fourth-order valence-electron chi connectivity index (χ4n) is 5.04. The minimum absolute atomic E-state index is 0.0200. The summed E-state index contributed by atoms with van der Waals surface area (Å²) in [4.78, 5) is 41.2. The molecule has 1 aromatic rings. The Morgan fingerprint density at radius 3 is 2.06 bits per heavy atom. The van der Waals surface area contributed by atoms with Crippen LogP contribution in [0.15, 0.2) is 10.5 Å². The van der Waals surface area contributed by atoms with E-state index in [0.29, 0.717) is 24.4 Å². The van der Waals surface area contributed by atoms with Gasteiger partial charge in [-0.3, -0.25) is 14.5 Å². The van der Waals surface area contributed by atoms with E-state index in [0.717, 1.165) is 64.0 Å². The predicted molar refractivity (Wildman–Crippen MR) is 126 cm³/mol. The number of aryl methyl sites for hydroxylation is 1. The second-order valence-corrected chi connectivity index (χ2v) is 10.9. The first kappa shape index (κ1) is 28.0. The van der Waals surface area contributed by atoms with Crippen molar-refractivity contribution in [1.82, 2.24) is 14.7 Å². The molecule has 3 aliphatic rings. The smallest absolute Gasteiger partial charge is 0.475 e. The lowest BCUT2D eigenvalue weighted by Gasteiger charge is -2.57. The Kier molecular flexibility index (Phi) is 8.12. The number of alkyl halides is 3. The summed E-state index contributed by atoms with van der Waals surface area (Å²) in [6, 6.07) is 1.92.